The van der Waals surface area contributed by atoms with Gasteiger partial charge in [0.2, 0.25) is 10.0 Å². The first-order chi connectivity index (χ1) is 18.3. The third kappa shape index (κ3) is 6.78. The second kappa shape index (κ2) is 11.5. The van der Waals surface area contributed by atoms with Crippen molar-refractivity contribution in [2.75, 3.05) is 7.11 Å². The molecule has 9 nitrogen and oxygen atoms in total. The van der Waals surface area contributed by atoms with E-state index in [2.05, 4.69) is 15.0 Å². The molecule has 0 unspecified atom stereocenters. The molecule has 1 amide bonds. The average molecular weight is 582 g/mol. The molecule has 2 aliphatic rings. The van der Waals surface area contributed by atoms with Crippen LogP contribution >= 0.6 is 11.3 Å². The van der Waals surface area contributed by atoms with Crippen molar-refractivity contribution in [3.63, 3.8) is 0 Å². The first-order valence-corrected chi connectivity index (χ1v) is 15.5. The number of carboxylic acid groups (broad SMARTS) is 1. The highest BCUT2D eigenvalue weighted by molar-refractivity contribution is 7.89. The number of nitrogens with one attached hydrogen (secondary N) is 2. The fraction of sp³-hybridized carbons (Fsp3) is 0.593. The van der Waals surface area contributed by atoms with E-state index in [0.717, 1.165) is 37.0 Å². The van der Waals surface area contributed by atoms with Gasteiger partial charge in [0.15, 0.2) is 16.6 Å². The summed E-state index contributed by atoms with van der Waals surface area (Å²) in [6, 6.07) is 2.47. The van der Waals surface area contributed by atoms with E-state index in [1.807, 2.05) is 0 Å². The van der Waals surface area contributed by atoms with Crippen molar-refractivity contribution in [3.8, 4) is 16.2 Å². The number of carbonyl (C=O) groups excluding carboxylic acids is 1. The van der Waals surface area contributed by atoms with Gasteiger partial charge in [-0.15, -0.1) is 11.3 Å². The molecule has 0 bridgehead atoms. The number of hydrogen-bond acceptors (Lipinski definition) is 7. The van der Waals surface area contributed by atoms with Crippen LogP contribution in [0.25, 0.3) is 10.4 Å². The number of ether oxygens (including phenoxy) is 1. The summed E-state index contributed by atoms with van der Waals surface area (Å²) in [5.41, 5.74) is -0.0613. The smallest absolute Gasteiger partial charge is 0.306 e. The predicted molar refractivity (Wildman–Crippen MR) is 146 cm³/mol. The molecular weight excluding hydrogens is 545 g/mol. The fourth-order valence-corrected chi connectivity index (χ4v) is 7.82. The summed E-state index contributed by atoms with van der Waals surface area (Å²) in [5.74, 6) is -2.64. The Bertz CT molecular complexity index is 1340. The van der Waals surface area contributed by atoms with Crippen LogP contribution in [0.1, 0.15) is 81.2 Å². The monoisotopic (exact) mass is 581 g/mol. The summed E-state index contributed by atoms with van der Waals surface area (Å²) < 4.78 is 49.7. The molecule has 0 spiro atoms. The van der Waals surface area contributed by atoms with Gasteiger partial charge in [-0.1, -0.05) is 32.1 Å². The lowest BCUT2D eigenvalue weighted by atomic mass is 9.80. The molecule has 3 N–H and O–H groups in total. The molecule has 0 saturated heterocycles. The first-order valence-electron chi connectivity index (χ1n) is 13.2. The molecule has 1 aromatic heterocycles. The number of carbonyl (C=O) groups is 2. The van der Waals surface area contributed by atoms with Crippen molar-refractivity contribution in [1.29, 1.82) is 0 Å². The van der Waals surface area contributed by atoms with Crippen LogP contribution in [0.2, 0.25) is 0 Å². The largest absolute Gasteiger partial charge is 0.492 e. The van der Waals surface area contributed by atoms with E-state index in [9.17, 15) is 18.0 Å². The van der Waals surface area contributed by atoms with Gasteiger partial charge in [-0.25, -0.2) is 22.5 Å². The molecule has 0 aliphatic heterocycles. The third-order valence-corrected chi connectivity index (χ3v) is 10.1. The van der Waals surface area contributed by atoms with Gasteiger partial charge in [0.05, 0.1) is 23.6 Å². The maximum absolute atomic E-state index is 15.9. The van der Waals surface area contributed by atoms with E-state index >= 15 is 4.39 Å². The summed E-state index contributed by atoms with van der Waals surface area (Å²) >= 11 is 1.05. The number of aromatic nitrogens is 1. The van der Waals surface area contributed by atoms with Crippen LogP contribution in [0.3, 0.4) is 0 Å². The molecule has 12 heteroatoms. The highest BCUT2D eigenvalue weighted by Crippen LogP contribution is 2.41. The zero-order chi connectivity index (χ0) is 28.5. The second-order valence-corrected chi connectivity index (χ2v) is 14.1. The lowest BCUT2D eigenvalue weighted by molar-refractivity contribution is -0.145. The van der Waals surface area contributed by atoms with Crippen LogP contribution in [0.4, 0.5) is 4.39 Å². The molecule has 39 heavy (non-hydrogen) atoms. The number of benzene rings is 1. The Hall–Kier alpha value is -2.57. The minimum atomic E-state index is -4.08. The Kier molecular flexibility index (Phi) is 8.67. The number of sulfonamides is 1. The lowest BCUT2D eigenvalue weighted by Crippen LogP contribution is -2.46. The van der Waals surface area contributed by atoms with Crippen molar-refractivity contribution in [2.24, 2.45) is 11.8 Å². The van der Waals surface area contributed by atoms with E-state index in [1.54, 1.807) is 20.8 Å². The number of hydrogen-bond donors (Lipinski definition) is 3. The van der Waals surface area contributed by atoms with Crippen LogP contribution in [-0.2, 0) is 21.2 Å². The molecule has 1 aromatic carbocycles. The zero-order valence-corrected chi connectivity index (χ0v) is 24.3. The molecule has 214 valence electrons. The Morgan fingerprint density at radius 3 is 2.44 bits per heavy atom. The second-order valence-electron chi connectivity index (χ2n) is 11.5. The van der Waals surface area contributed by atoms with Gasteiger partial charge in [-0.2, -0.15) is 0 Å². The summed E-state index contributed by atoms with van der Waals surface area (Å²) in [5, 5.41) is 12.1. The number of rotatable bonds is 9. The number of methoxy groups -OCH3 is 1. The molecule has 2 aliphatic carbocycles. The van der Waals surface area contributed by atoms with Gasteiger partial charge in [0.25, 0.3) is 5.91 Å². The lowest BCUT2D eigenvalue weighted by Gasteiger charge is -2.32. The number of thiazole rings is 1. The Labute approximate surface area is 232 Å². The topological polar surface area (TPSA) is 135 Å². The van der Waals surface area contributed by atoms with Crippen molar-refractivity contribution >= 4 is 33.2 Å². The standard InChI is InChI=1S/C27H36FN3O6S2/c1-27(2,3)31-39(35,36)20-11-10-18(21(28)22(20)37-4)23-19(12-15-8-6-5-7-9-15)30-25(38-23)24(32)29-17-13-16(14-17)26(33)34/h10-11,15-17,31H,5-9,12-14H2,1-4H3,(H,29,32)(H,33,34). The van der Waals surface area contributed by atoms with Crippen LogP contribution in [0.15, 0.2) is 17.0 Å². The van der Waals surface area contributed by atoms with Crippen molar-refractivity contribution in [1.82, 2.24) is 15.0 Å². The van der Waals surface area contributed by atoms with Crippen LogP contribution in [0.5, 0.6) is 5.75 Å². The maximum atomic E-state index is 15.9. The van der Waals surface area contributed by atoms with Crippen LogP contribution in [-0.4, -0.2) is 49.1 Å². The van der Waals surface area contributed by atoms with Crippen molar-refractivity contribution < 1.29 is 32.2 Å². The molecule has 4 rings (SSSR count). The zero-order valence-electron chi connectivity index (χ0n) is 22.7. The first kappa shape index (κ1) is 29.4. The predicted octanol–water partition coefficient (Wildman–Crippen LogP) is 4.75. The van der Waals surface area contributed by atoms with Gasteiger partial charge in [0, 0.05) is 17.1 Å². The Morgan fingerprint density at radius 2 is 1.85 bits per heavy atom. The van der Waals surface area contributed by atoms with Crippen molar-refractivity contribution in [2.45, 2.75) is 88.6 Å². The number of amides is 1. The number of halogens is 1. The third-order valence-electron chi connectivity index (χ3n) is 7.16. The van der Waals surface area contributed by atoms with Gasteiger partial charge < -0.3 is 15.2 Å². The molecule has 1 heterocycles. The summed E-state index contributed by atoms with van der Waals surface area (Å²) in [7, 11) is -2.86. The summed E-state index contributed by atoms with van der Waals surface area (Å²) in [6.45, 7) is 5.07. The summed E-state index contributed by atoms with van der Waals surface area (Å²) in [6.07, 6.45) is 6.75. The average Bonchev–Trinajstić information content (AvgIpc) is 3.23. The Balaban J connectivity index is 1.69. The SMILES string of the molecule is COc1c(S(=O)(=O)NC(C)(C)C)ccc(-c2sc(C(=O)NC3CC(C(=O)O)C3)nc2CC2CCCCC2)c1F. The molecule has 2 fully saturated rings. The number of nitrogens with zero attached hydrogens (tertiary/aromatic N) is 1. The summed E-state index contributed by atoms with van der Waals surface area (Å²) in [4.78, 5) is 28.9. The van der Waals surface area contributed by atoms with Gasteiger partial charge in [-0.05, 0) is 58.1 Å². The normalized spacial score (nSPS) is 20.3. The maximum Gasteiger partial charge on any atom is 0.306 e. The van der Waals surface area contributed by atoms with E-state index in [-0.39, 0.29) is 21.5 Å². The van der Waals surface area contributed by atoms with E-state index in [0.29, 0.717) is 35.8 Å². The number of carboxylic acids is 1. The molecule has 2 aromatic rings. The highest BCUT2D eigenvalue weighted by atomic mass is 32.2. The molecule has 2 saturated carbocycles. The van der Waals surface area contributed by atoms with E-state index < -0.39 is 44.9 Å². The minimum Gasteiger partial charge on any atom is -0.492 e. The van der Waals surface area contributed by atoms with Gasteiger partial charge in [-0.3, -0.25) is 9.59 Å². The van der Waals surface area contributed by atoms with Gasteiger partial charge >= 0.3 is 5.97 Å². The fourth-order valence-electron chi connectivity index (χ4n) is 5.22. The highest BCUT2D eigenvalue weighted by Gasteiger charge is 2.36. The van der Waals surface area contributed by atoms with E-state index in [1.165, 1.54) is 25.7 Å². The quantitative estimate of drug-likeness (QED) is 0.389. The van der Waals surface area contributed by atoms with Gasteiger partial charge in [0.1, 0.15) is 4.90 Å². The minimum absolute atomic E-state index is 0.124. The molecule has 0 atom stereocenters. The number of aliphatic carboxylic acids is 1. The molecular formula is C27H36FN3O6S2. The molecule has 0 radical (unpaired) electrons. The Morgan fingerprint density at radius 1 is 1.18 bits per heavy atom. The van der Waals surface area contributed by atoms with Crippen LogP contribution < -0.4 is 14.8 Å². The van der Waals surface area contributed by atoms with Crippen LogP contribution in [0, 0.1) is 17.7 Å². The van der Waals surface area contributed by atoms with Crippen molar-refractivity contribution in [3.05, 3.63) is 28.7 Å². The van der Waals surface area contributed by atoms with E-state index in [4.69, 9.17) is 9.84 Å².